The Kier molecular flexibility index (Phi) is 7.75. The SMILES string of the molecule is CCCCC(CC)CNS(=O)(=O)c1ccc(NCC)cc1. The predicted molar refractivity (Wildman–Crippen MR) is 89.1 cm³/mol. The van der Waals surface area contributed by atoms with E-state index in [-0.39, 0.29) is 0 Å². The highest BCUT2D eigenvalue weighted by molar-refractivity contribution is 7.89. The molecule has 0 radical (unpaired) electrons. The molecule has 1 unspecified atom stereocenters. The average molecular weight is 312 g/mol. The van der Waals surface area contributed by atoms with Crippen molar-refractivity contribution in [1.29, 1.82) is 0 Å². The summed E-state index contributed by atoms with van der Waals surface area (Å²) in [5.74, 6) is 0.417. The summed E-state index contributed by atoms with van der Waals surface area (Å²) in [4.78, 5) is 0.328. The van der Waals surface area contributed by atoms with Crippen molar-refractivity contribution in [2.24, 2.45) is 5.92 Å². The minimum absolute atomic E-state index is 0.328. The van der Waals surface area contributed by atoms with Gasteiger partial charge in [0.15, 0.2) is 0 Å². The van der Waals surface area contributed by atoms with Crippen molar-refractivity contribution in [3.8, 4) is 0 Å². The van der Waals surface area contributed by atoms with E-state index in [1.807, 2.05) is 6.92 Å². The van der Waals surface area contributed by atoms with Crippen molar-refractivity contribution in [1.82, 2.24) is 4.72 Å². The highest BCUT2D eigenvalue weighted by atomic mass is 32.2. The van der Waals surface area contributed by atoms with Gasteiger partial charge in [0.25, 0.3) is 0 Å². The van der Waals surface area contributed by atoms with E-state index in [2.05, 4.69) is 23.9 Å². The van der Waals surface area contributed by atoms with Gasteiger partial charge in [-0.1, -0.05) is 33.1 Å². The van der Waals surface area contributed by atoms with Gasteiger partial charge in [-0.05, 0) is 43.5 Å². The molecule has 0 aliphatic rings. The quantitative estimate of drug-likeness (QED) is 0.694. The second kappa shape index (κ2) is 9.05. The summed E-state index contributed by atoms with van der Waals surface area (Å²) in [6, 6.07) is 6.89. The first-order valence-corrected chi connectivity index (χ1v) is 9.35. The van der Waals surface area contributed by atoms with E-state index in [0.717, 1.165) is 37.9 Å². The number of sulfonamides is 1. The summed E-state index contributed by atoms with van der Waals surface area (Å²) in [5, 5.41) is 3.15. The third kappa shape index (κ3) is 6.06. The Balaban J connectivity index is 2.63. The van der Waals surface area contributed by atoms with Crippen molar-refractivity contribution in [2.45, 2.75) is 51.3 Å². The maximum atomic E-state index is 12.3. The van der Waals surface area contributed by atoms with Crippen LogP contribution in [0.2, 0.25) is 0 Å². The van der Waals surface area contributed by atoms with Crippen LogP contribution in [0, 0.1) is 5.92 Å². The monoisotopic (exact) mass is 312 g/mol. The smallest absolute Gasteiger partial charge is 0.240 e. The highest BCUT2D eigenvalue weighted by Crippen LogP contribution is 2.16. The van der Waals surface area contributed by atoms with E-state index in [9.17, 15) is 8.42 Å². The van der Waals surface area contributed by atoms with Gasteiger partial charge in [0.2, 0.25) is 10.0 Å². The first-order chi connectivity index (χ1) is 10.0. The molecule has 0 bridgehead atoms. The summed E-state index contributed by atoms with van der Waals surface area (Å²) in [6.07, 6.45) is 4.38. The number of hydrogen-bond acceptors (Lipinski definition) is 3. The molecule has 21 heavy (non-hydrogen) atoms. The van der Waals surface area contributed by atoms with E-state index in [1.54, 1.807) is 24.3 Å². The molecule has 0 aliphatic carbocycles. The largest absolute Gasteiger partial charge is 0.385 e. The number of anilines is 1. The third-order valence-corrected chi connectivity index (χ3v) is 5.09. The minimum Gasteiger partial charge on any atom is -0.385 e. The summed E-state index contributed by atoms with van der Waals surface area (Å²) in [5.41, 5.74) is 0.936. The number of nitrogens with one attached hydrogen (secondary N) is 2. The minimum atomic E-state index is -3.40. The second-order valence-corrected chi connectivity index (χ2v) is 7.09. The van der Waals surface area contributed by atoms with E-state index < -0.39 is 10.0 Å². The molecular formula is C16H28N2O2S. The first-order valence-electron chi connectivity index (χ1n) is 7.87. The standard InChI is InChI=1S/C16H28N2O2S/c1-4-7-8-14(5-2)13-18-21(19,20)16-11-9-15(10-12-16)17-6-3/h9-12,14,17-18H,4-8,13H2,1-3H3. The van der Waals surface area contributed by atoms with Gasteiger partial charge >= 0.3 is 0 Å². The molecule has 1 aromatic rings. The topological polar surface area (TPSA) is 58.2 Å². The van der Waals surface area contributed by atoms with E-state index >= 15 is 0 Å². The molecule has 2 N–H and O–H groups in total. The number of benzene rings is 1. The maximum Gasteiger partial charge on any atom is 0.240 e. The molecule has 0 aromatic heterocycles. The number of hydrogen-bond donors (Lipinski definition) is 2. The van der Waals surface area contributed by atoms with Crippen LogP contribution in [0.4, 0.5) is 5.69 Å². The van der Waals surface area contributed by atoms with Crippen LogP contribution in [0.3, 0.4) is 0 Å². The predicted octanol–water partition coefficient (Wildman–Crippen LogP) is 3.61. The first kappa shape index (κ1) is 18.0. The van der Waals surface area contributed by atoms with Crippen LogP contribution in [0.25, 0.3) is 0 Å². The fraction of sp³-hybridized carbons (Fsp3) is 0.625. The van der Waals surface area contributed by atoms with Crippen LogP contribution >= 0.6 is 0 Å². The molecule has 1 atom stereocenters. The van der Waals surface area contributed by atoms with Crippen molar-refractivity contribution in [3.63, 3.8) is 0 Å². The van der Waals surface area contributed by atoms with E-state index in [4.69, 9.17) is 0 Å². The van der Waals surface area contributed by atoms with E-state index in [0.29, 0.717) is 17.4 Å². The molecule has 5 heteroatoms. The fourth-order valence-corrected chi connectivity index (χ4v) is 3.33. The molecular weight excluding hydrogens is 284 g/mol. The van der Waals surface area contributed by atoms with Gasteiger partial charge < -0.3 is 5.32 Å². The summed E-state index contributed by atoms with van der Waals surface area (Å²) in [6.45, 7) is 7.61. The molecule has 0 amide bonds. The zero-order valence-electron chi connectivity index (χ0n) is 13.4. The molecule has 1 rings (SSSR count). The Labute approximate surface area is 129 Å². The van der Waals surface area contributed by atoms with Crippen molar-refractivity contribution >= 4 is 15.7 Å². The van der Waals surface area contributed by atoms with Crippen LogP contribution in [-0.2, 0) is 10.0 Å². The lowest BCUT2D eigenvalue weighted by Crippen LogP contribution is -2.29. The van der Waals surface area contributed by atoms with Gasteiger partial charge in [-0.3, -0.25) is 0 Å². The molecule has 1 aromatic carbocycles. The molecule has 0 spiro atoms. The lowest BCUT2D eigenvalue weighted by Gasteiger charge is -2.15. The fourth-order valence-electron chi connectivity index (χ4n) is 2.21. The van der Waals surface area contributed by atoms with Crippen LogP contribution in [0.5, 0.6) is 0 Å². The van der Waals surface area contributed by atoms with Crippen LogP contribution in [-0.4, -0.2) is 21.5 Å². The molecule has 120 valence electrons. The third-order valence-electron chi connectivity index (χ3n) is 3.65. The van der Waals surface area contributed by atoms with Gasteiger partial charge in [-0.25, -0.2) is 13.1 Å². The molecule has 0 aliphatic heterocycles. The molecule has 0 heterocycles. The number of unbranched alkanes of at least 4 members (excludes halogenated alkanes) is 1. The van der Waals surface area contributed by atoms with Crippen LogP contribution in [0.1, 0.15) is 46.5 Å². The lowest BCUT2D eigenvalue weighted by molar-refractivity contribution is 0.444. The van der Waals surface area contributed by atoms with Crippen molar-refractivity contribution in [2.75, 3.05) is 18.4 Å². The Morgan fingerprint density at radius 1 is 1.10 bits per heavy atom. The summed E-state index contributed by atoms with van der Waals surface area (Å²) >= 11 is 0. The average Bonchev–Trinajstić information content (AvgIpc) is 2.48. The van der Waals surface area contributed by atoms with Gasteiger partial charge in [0, 0.05) is 18.8 Å². The highest BCUT2D eigenvalue weighted by Gasteiger charge is 2.16. The van der Waals surface area contributed by atoms with Gasteiger partial charge in [-0.2, -0.15) is 0 Å². The molecule has 0 fully saturated rings. The lowest BCUT2D eigenvalue weighted by atomic mass is 10.00. The second-order valence-electron chi connectivity index (χ2n) is 5.32. The molecule has 0 saturated carbocycles. The van der Waals surface area contributed by atoms with Gasteiger partial charge in [0.1, 0.15) is 0 Å². The Hall–Kier alpha value is -1.07. The Morgan fingerprint density at radius 2 is 1.76 bits per heavy atom. The van der Waals surface area contributed by atoms with E-state index in [1.165, 1.54) is 0 Å². The van der Waals surface area contributed by atoms with Gasteiger partial charge in [0.05, 0.1) is 4.90 Å². The molecule has 4 nitrogen and oxygen atoms in total. The summed E-state index contributed by atoms with van der Waals surface area (Å²) in [7, 11) is -3.40. The normalized spacial score (nSPS) is 13.1. The van der Waals surface area contributed by atoms with Crippen LogP contribution in [0.15, 0.2) is 29.2 Å². The molecule has 0 saturated heterocycles. The maximum absolute atomic E-state index is 12.3. The number of rotatable bonds is 10. The van der Waals surface area contributed by atoms with Crippen LogP contribution < -0.4 is 10.0 Å². The zero-order valence-corrected chi connectivity index (χ0v) is 14.2. The Bertz CT molecular complexity index is 498. The van der Waals surface area contributed by atoms with Gasteiger partial charge in [-0.15, -0.1) is 0 Å². The van der Waals surface area contributed by atoms with Crippen molar-refractivity contribution < 1.29 is 8.42 Å². The zero-order chi connectivity index (χ0) is 15.7. The van der Waals surface area contributed by atoms with Crippen molar-refractivity contribution in [3.05, 3.63) is 24.3 Å². The summed E-state index contributed by atoms with van der Waals surface area (Å²) < 4.78 is 27.3. The Morgan fingerprint density at radius 3 is 2.29 bits per heavy atom.